The fourth-order valence-electron chi connectivity index (χ4n) is 2.83. The number of nitrogens with zero attached hydrogens (tertiary/aromatic N) is 4. The van der Waals surface area contributed by atoms with Crippen LogP contribution in [0.1, 0.15) is 37.4 Å². The van der Waals surface area contributed by atoms with Crippen molar-refractivity contribution in [2.45, 2.75) is 38.6 Å². The number of rotatable bonds is 1. The van der Waals surface area contributed by atoms with Crippen LogP contribution in [-0.2, 0) is 0 Å². The van der Waals surface area contributed by atoms with E-state index in [0.29, 0.717) is 35.3 Å². The molecule has 8 heteroatoms. The molecule has 1 aliphatic heterocycles. The summed E-state index contributed by atoms with van der Waals surface area (Å²) in [5.41, 5.74) is 1.89. The predicted molar refractivity (Wildman–Crippen MR) is 88.8 cm³/mol. The van der Waals surface area contributed by atoms with Crippen molar-refractivity contribution in [2.24, 2.45) is 0 Å². The van der Waals surface area contributed by atoms with Crippen LogP contribution in [0.5, 0.6) is 5.88 Å². The zero-order chi connectivity index (χ0) is 15.8. The Labute approximate surface area is 139 Å². The topological polar surface area (TPSA) is 76.9 Å². The fourth-order valence-corrected chi connectivity index (χ4v) is 2.99. The van der Waals surface area contributed by atoms with E-state index in [4.69, 9.17) is 16.3 Å². The standard InChI is InChI=1S/C15H19ClN6O/c1-9-12-14(21-22(9)10-4-2-5-10)23-7-3-6-17-13-11(16)8-18-15(19-12)20-13/h8,10H,2-7H2,1H3,(H2,17,18,19,20). The Morgan fingerprint density at radius 1 is 1.35 bits per heavy atom. The molecule has 4 rings (SSSR count). The van der Waals surface area contributed by atoms with Gasteiger partial charge in [-0.05, 0) is 32.6 Å². The molecule has 1 aliphatic carbocycles. The molecule has 23 heavy (non-hydrogen) atoms. The van der Waals surface area contributed by atoms with Crippen LogP contribution in [0, 0.1) is 6.92 Å². The molecule has 0 spiro atoms. The Bertz CT molecular complexity index is 727. The van der Waals surface area contributed by atoms with E-state index in [9.17, 15) is 0 Å². The van der Waals surface area contributed by atoms with Gasteiger partial charge in [0.15, 0.2) is 5.82 Å². The molecule has 122 valence electrons. The molecule has 0 atom stereocenters. The van der Waals surface area contributed by atoms with Gasteiger partial charge in [-0.3, -0.25) is 4.68 Å². The van der Waals surface area contributed by atoms with Crippen LogP contribution in [0.15, 0.2) is 6.20 Å². The quantitative estimate of drug-likeness (QED) is 0.833. The van der Waals surface area contributed by atoms with Crippen molar-refractivity contribution in [3.63, 3.8) is 0 Å². The average molecular weight is 335 g/mol. The first-order valence-electron chi connectivity index (χ1n) is 7.97. The Hall–Kier alpha value is -2.02. The number of nitrogens with one attached hydrogen (secondary N) is 2. The second-order valence-electron chi connectivity index (χ2n) is 5.94. The van der Waals surface area contributed by atoms with Gasteiger partial charge in [-0.15, -0.1) is 5.10 Å². The van der Waals surface area contributed by atoms with Crippen LogP contribution in [-0.4, -0.2) is 32.9 Å². The normalized spacial score (nSPS) is 17.8. The van der Waals surface area contributed by atoms with Crippen LogP contribution in [0.25, 0.3) is 0 Å². The summed E-state index contributed by atoms with van der Waals surface area (Å²) < 4.78 is 7.96. The maximum absolute atomic E-state index is 6.13. The molecule has 7 nitrogen and oxygen atoms in total. The molecule has 0 unspecified atom stereocenters. The van der Waals surface area contributed by atoms with E-state index in [1.165, 1.54) is 19.3 Å². The third-order valence-electron chi connectivity index (χ3n) is 4.37. The molecule has 0 amide bonds. The fraction of sp³-hybridized carbons (Fsp3) is 0.533. The second kappa shape index (κ2) is 5.88. The molecule has 2 bridgehead atoms. The molecule has 2 aromatic rings. The highest BCUT2D eigenvalue weighted by Crippen LogP contribution is 2.38. The largest absolute Gasteiger partial charge is 0.475 e. The molecule has 1 saturated carbocycles. The zero-order valence-electron chi connectivity index (χ0n) is 13.0. The summed E-state index contributed by atoms with van der Waals surface area (Å²) >= 11 is 6.13. The van der Waals surface area contributed by atoms with E-state index in [2.05, 4.69) is 37.3 Å². The minimum atomic E-state index is 0.476. The number of hydrogen-bond acceptors (Lipinski definition) is 6. The van der Waals surface area contributed by atoms with E-state index in [1.54, 1.807) is 6.20 Å². The van der Waals surface area contributed by atoms with Gasteiger partial charge in [-0.25, -0.2) is 4.98 Å². The van der Waals surface area contributed by atoms with Gasteiger partial charge >= 0.3 is 0 Å². The minimum absolute atomic E-state index is 0.476. The molecular weight excluding hydrogens is 316 g/mol. The van der Waals surface area contributed by atoms with Crippen molar-refractivity contribution in [2.75, 3.05) is 23.8 Å². The number of anilines is 3. The van der Waals surface area contributed by atoms with Crippen LogP contribution in [0.4, 0.5) is 17.5 Å². The van der Waals surface area contributed by atoms with E-state index in [-0.39, 0.29) is 0 Å². The molecule has 0 radical (unpaired) electrons. The molecule has 1 fully saturated rings. The molecule has 0 aromatic carbocycles. The van der Waals surface area contributed by atoms with Crippen molar-refractivity contribution >= 4 is 29.1 Å². The van der Waals surface area contributed by atoms with Crippen molar-refractivity contribution < 1.29 is 4.74 Å². The lowest BCUT2D eigenvalue weighted by Crippen LogP contribution is -2.19. The summed E-state index contributed by atoms with van der Waals surface area (Å²) in [5.74, 6) is 1.74. The lowest BCUT2D eigenvalue weighted by atomic mass is 9.93. The number of hydrogen-bond donors (Lipinski definition) is 2. The van der Waals surface area contributed by atoms with Gasteiger partial charge in [0.05, 0.1) is 24.5 Å². The monoisotopic (exact) mass is 334 g/mol. The van der Waals surface area contributed by atoms with Crippen molar-refractivity contribution in [3.8, 4) is 5.88 Å². The first kappa shape index (κ1) is 14.6. The molecule has 2 N–H and O–H groups in total. The Morgan fingerprint density at radius 2 is 2.22 bits per heavy atom. The summed E-state index contributed by atoms with van der Waals surface area (Å²) in [6.07, 6.45) is 6.05. The van der Waals surface area contributed by atoms with Gasteiger partial charge < -0.3 is 15.4 Å². The van der Waals surface area contributed by atoms with Gasteiger partial charge in [-0.1, -0.05) is 11.6 Å². The highest BCUT2D eigenvalue weighted by Gasteiger charge is 2.26. The van der Waals surface area contributed by atoms with Crippen LogP contribution >= 0.6 is 11.6 Å². The first-order valence-corrected chi connectivity index (χ1v) is 8.35. The van der Waals surface area contributed by atoms with Crippen LogP contribution in [0.2, 0.25) is 5.02 Å². The van der Waals surface area contributed by atoms with Crippen LogP contribution < -0.4 is 15.4 Å². The summed E-state index contributed by atoms with van der Waals surface area (Å²) in [4.78, 5) is 8.70. The molecule has 2 aliphatic rings. The Morgan fingerprint density at radius 3 is 3.00 bits per heavy atom. The number of halogens is 1. The summed E-state index contributed by atoms with van der Waals surface area (Å²) in [6.45, 7) is 3.37. The van der Waals surface area contributed by atoms with E-state index in [0.717, 1.165) is 24.3 Å². The zero-order valence-corrected chi connectivity index (χ0v) is 13.7. The molecular formula is C15H19ClN6O. The lowest BCUT2D eigenvalue weighted by Gasteiger charge is -2.26. The van der Waals surface area contributed by atoms with Gasteiger partial charge in [-0.2, -0.15) is 4.98 Å². The number of aromatic nitrogens is 4. The summed E-state index contributed by atoms with van der Waals surface area (Å²) in [5, 5.41) is 11.6. The summed E-state index contributed by atoms with van der Waals surface area (Å²) in [6, 6.07) is 0.476. The van der Waals surface area contributed by atoms with E-state index < -0.39 is 0 Å². The van der Waals surface area contributed by atoms with Gasteiger partial charge in [0.25, 0.3) is 5.88 Å². The molecule has 2 aromatic heterocycles. The highest BCUT2D eigenvalue weighted by molar-refractivity contribution is 6.32. The minimum Gasteiger partial charge on any atom is -0.475 e. The molecule has 0 saturated heterocycles. The van der Waals surface area contributed by atoms with Crippen molar-refractivity contribution in [3.05, 3.63) is 16.9 Å². The smallest absolute Gasteiger partial charge is 0.257 e. The maximum Gasteiger partial charge on any atom is 0.257 e. The number of fused-ring (bicyclic) bond motifs is 3. The van der Waals surface area contributed by atoms with Crippen LogP contribution in [0.3, 0.4) is 0 Å². The lowest BCUT2D eigenvalue weighted by molar-refractivity contribution is 0.263. The van der Waals surface area contributed by atoms with Crippen molar-refractivity contribution in [1.29, 1.82) is 0 Å². The maximum atomic E-state index is 6.13. The third kappa shape index (κ3) is 2.69. The Kier molecular flexibility index (Phi) is 3.72. The highest BCUT2D eigenvalue weighted by atomic mass is 35.5. The van der Waals surface area contributed by atoms with Gasteiger partial charge in [0.2, 0.25) is 5.95 Å². The number of ether oxygens (including phenoxy) is 1. The van der Waals surface area contributed by atoms with Gasteiger partial charge in [0.1, 0.15) is 10.7 Å². The summed E-state index contributed by atoms with van der Waals surface area (Å²) in [7, 11) is 0. The van der Waals surface area contributed by atoms with E-state index in [1.807, 2.05) is 0 Å². The SMILES string of the molecule is Cc1c2c(nn1C1CCC1)OCCCNc1nc(ncc1Cl)N2. The molecule has 3 heterocycles. The van der Waals surface area contributed by atoms with Gasteiger partial charge in [0, 0.05) is 6.54 Å². The first-order chi connectivity index (χ1) is 11.2. The van der Waals surface area contributed by atoms with Crippen molar-refractivity contribution in [1.82, 2.24) is 19.7 Å². The van der Waals surface area contributed by atoms with E-state index >= 15 is 0 Å². The second-order valence-corrected chi connectivity index (χ2v) is 6.35. The predicted octanol–water partition coefficient (Wildman–Crippen LogP) is 3.30. The third-order valence-corrected chi connectivity index (χ3v) is 4.65. The average Bonchev–Trinajstić information content (AvgIpc) is 2.76. The Balaban J connectivity index is 1.73.